The van der Waals surface area contributed by atoms with Gasteiger partial charge in [-0.05, 0) is 54.3 Å². The second-order valence-electron chi connectivity index (χ2n) is 8.05. The van der Waals surface area contributed by atoms with Crippen LogP contribution in [0.3, 0.4) is 0 Å². The van der Waals surface area contributed by atoms with Gasteiger partial charge in [-0.2, -0.15) is 0 Å². The van der Waals surface area contributed by atoms with Crippen molar-refractivity contribution in [1.29, 1.82) is 0 Å². The van der Waals surface area contributed by atoms with Gasteiger partial charge in [0.1, 0.15) is 0 Å². The van der Waals surface area contributed by atoms with Gasteiger partial charge in [-0.1, -0.05) is 24.3 Å². The maximum atomic E-state index is 12.8. The van der Waals surface area contributed by atoms with E-state index in [4.69, 9.17) is 4.42 Å². The van der Waals surface area contributed by atoms with Crippen LogP contribution < -0.4 is 5.32 Å². The van der Waals surface area contributed by atoms with Crippen LogP contribution in [-0.4, -0.2) is 21.7 Å². The van der Waals surface area contributed by atoms with Gasteiger partial charge < -0.3 is 14.6 Å². The Balaban J connectivity index is 1.28. The molecule has 2 heterocycles. The number of benzene rings is 2. The van der Waals surface area contributed by atoms with Crippen LogP contribution >= 0.6 is 0 Å². The molecule has 0 bridgehead atoms. The largest absolute Gasteiger partial charge is 0.440 e. The minimum absolute atomic E-state index is 0.0921. The van der Waals surface area contributed by atoms with E-state index in [0.717, 1.165) is 41.2 Å². The number of carbonyl (C=O) groups is 2. The van der Waals surface area contributed by atoms with Crippen LogP contribution in [0.4, 0.5) is 5.69 Å². The van der Waals surface area contributed by atoms with Crippen molar-refractivity contribution >= 4 is 23.6 Å². The maximum absolute atomic E-state index is 12.8. The lowest BCUT2D eigenvalue weighted by Gasteiger charge is -2.32. The first-order valence-electron chi connectivity index (χ1n) is 10.5. The lowest BCUT2D eigenvalue weighted by Crippen LogP contribution is -2.33. The molecule has 6 nitrogen and oxygen atoms in total. The zero-order chi connectivity index (χ0) is 21.4. The maximum Gasteiger partial charge on any atom is 0.226 e. The molecule has 1 aliphatic carbocycles. The average molecular weight is 413 g/mol. The Hall–Kier alpha value is -3.67. The third kappa shape index (κ3) is 4.01. The molecule has 31 heavy (non-hydrogen) atoms. The molecule has 0 saturated heterocycles. The number of nitrogens with zero attached hydrogens (tertiary/aromatic N) is 2. The first kappa shape index (κ1) is 19.3. The number of aromatic nitrogens is 1. The summed E-state index contributed by atoms with van der Waals surface area (Å²) in [6.07, 6.45) is 7.88. The fourth-order valence-corrected chi connectivity index (χ4v) is 3.96. The highest BCUT2D eigenvalue weighted by Crippen LogP contribution is 2.40. The standard InChI is InChI=1S/C25H23N3O3/c1-16(29)28-13-12-17-4-2-3-5-21(17)22(28)14-24(30)27-20-10-8-18(9-11-20)23-15-26-25(31-23)19-6-7-19/h2-5,8-13,15,19,22H,6-7,14H2,1H3,(H,27,30)/t22-/m0/s1. The van der Waals surface area contributed by atoms with Crippen molar-refractivity contribution in [1.82, 2.24) is 9.88 Å². The van der Waals surface area contributed by atoms with E-state index in [9.17, 15) is 9.59 Å². The van der Waals surface area contributed by atoms with E-state index < -0.39 is 0 Å². The molecule has 2 amide bonds. The number of hydrogen-bond acceptors (Lipinski definition) is 4. The Morgan fingerprint density at radius 2 is 1.90 bits per heavy atom. The van der Waals surface area contributed by atoms with Crippen molar-refractivity contribution in [3.63, 3.8) is 0 Å². The minimum Gasteiger partial charge on any atom is -0.440 e. The summed E-state index contributed by atoms with van der Waals surface area (Å²) < 4.78 is 5.84. The Bertz CT molecular complexity index is 1160. The predicted octanol–water partition coefficient (Wildman–Crippen LogP) is 5.12. The highest BCUT2D eigenvalue weighted by atomic mass is 16.4. The third-order valence-corrected chi connectivity index (χ3v) is 5.75. The summed E-state index contributed by atoms with van der Waals surface area (Å²) in [6, 6.07) is 15.0. The molecule has 0 unspecified atom stereocenters. The third-order valence-electron chi connectivity index (χ3n) is 5.75. The zero-order valence-corrected chi connectivity index (χ0v) is 17.2. The van der Waals surface area contributed by atoms with E-state index in [2.05, 4.69) is 10.3 Å². The second kappa shape index (κ2) is 7.87. The first-order chi connectivity index (χ1) is 15.1. The van der Waals surface area contributed by atoms with Gasteiger partial charge in [0.25, 0.3) is 0 Å². The minimum atomic E-state index is -0.326. The molecule has 1 aliphatic heterocycles. The summed E-state index contributed by atoms with van der Waals surface area (Å²) in [5, 5.41) is 2.94. The van der Waals surface area contributed by atoms with Crippen LogP contribution in [0.25, 0.3) is 17.4 Å². The number of amides is 2. The van der Waals surface area contributed by atoms with Crippen LogP contribution in [0.15, 0.2) is 65.3 Å². The number of rotatable bonds is 5. The topological polar surface area (TPSA) is 75.4 Å². The van der Waals surface area contributed by atoms with Gasteiger partial charge in [0, 0.05) is 30.3 Å². The van der Waals surface area contributed by atoms with Crippen molar-refractivity contribution in [3.8, 4) is 11.3 Å². The van der Waals surface area contributed by atoms with Crippen molar-refractivity contribution < 1.29 is 14.0 Å². The predicted molar refractivity (Wildman–Crippen MR) is 118 cm³/mol. The van der Waals surface area contributed by atoms with E-state index in [-0.39, 0.29) is 24.3 Å². The molecule has 6 heteroatoms. The highest BCUT2D eigenvalue weighted by molar-refractivity contribution is 5.92. The molecule has 1 atom stereocenters. The van der Waals surface area contributed by atoms with Gasteiger partial charge in [-0.3, -0.25) is 9.59 Å². The van der Waals surface area contributed by atoms with Crippen molar-refractivity contribution in [2.75, 3.05) is 5.32 Å². The van der Waals surface area contributed by atoms with Crippen molar-refractivity contribution in [3.05, 3.63) is 77.9 Å². The second-order valence-corrected chi connectivity index (χ2v) is 8.05. The molecule has 1 fully saturated rings. The molecule has 0 spiro atoms. The average Bonchev–Trinajstić information content (AvgIpc) is 3.51. The summed E-state index contributed by atoms with van der Waals surface area (Å²) in [5.74, 6) is 1.78. The Kier molecular flexibility index (Phi) is 4.90. The summed E-state index contributed by atoms with van der Waals surface area (Å²) >= 11 is 0. The summed E-state index contributed by atoms with van der Waals surface area (Å²) in [4.78, 5) is 30.9. The van der Waals surface area contributed by atoms with Gasteiger partial charge in [-0.15, -0.1) is 0 Å². The number of hydrogen-bond donors (Lipinski definition) is 1. The number of oxazole rings is 1. The Labute approximate surface area is 180 Å². The van der Waals surface area contributed by atoms with Gasteiger partial charge >= 0.3 is 0 Å². The molecule has 1 aromatic heterocycles. The number of anilines is 1. The molecule has 2 aliphatic rings. The van der Waals surface area contributed by atoms with Gasteiger partial charge in [0.15, 0.2) is 11.7 Å². The fourth-order valence-electron chi connectivity index (χ4n) is 3.96. The van der Waals surface area contributed by atoms with E-state index in [1.54, 1.807) is 17.3 Å². The first-order valence-corrected chi connectivity index (χ1v) is 10.5. The Morgan fingerprint density at radius 3 is 2.65 bits per heavy atom. The van der Waals surface area contributed by atoms with Crippen molar-refractivity contribution in [2.24, 2.45) is 0 Å². The summed E-state index contributed by atoms with van der Waals surface area (Å²) in [7, 11) is 0. The number of nitrogens with one attached hydrogen (secondary N) is 1. The lowest BCUT2D eigenvalue weighted by molar-refractivity contribution is -0.129. The SMILES string of the molecule is CC(=O)N1C=Cc2ccccc2[C@@H]1CC(=O)Nc1ccc(-c2cnc(C3CC3)o2)cc1. The van der Waals surface area contributed by atoms with Crippen LogP contribution in [0, 0.1) is 0 Å². The number of fused-ring (bicyclic) bond motifs is 1. The van der Waals surface area contributed by atoms with E-state index in [1.807, 2.05) is 54.6 Å². The molecule has 156 valence electrons. The zero-order valence-electron chi connectivity index (χ0n) is 17.2. The number of carbonyl (C=O) groups excluding carboxylic acids is 2. The van der Waals surface area contributed by atoms with E-state index in [1.165, 1.54) is 6.92 Å². The molecule has 1 N–H and O–H groups in total. The van der Waals surface area contributed by atoms with Crippen LogP contribution in [0.5, 0.6) is 0 Å². The van der Waals surface area contributed by atoms with E-state index in [0.29, 0.717) is 11.6 Å². The van der Waals surface area contributed by atoms with Gasteiger partial charge in [-0.25, -0.2) is 4.98 Å². The van der Waals surface area contributed by atoms with Crippen LogP contribution in [-0.2, 0) is 9.59 Å². The molecule has 5 rings (SSSR count). The summed E-state index contributed by atoms with van der Waals surface area (Å²) in [6.45, 7) is 1.51. The molecule has 3 aromatic rings. The van der Waals surface area contributed by atoms with Crippen LogP contribution in [0.1, 0.15) is 55.2 Å². The summed E-state index contributed by atoms with van der Waals surface area (Å²) in [5.41, 5.74) is 3.62. The smallest absolute Gasteiger partial charge is 0.226 e. The van der Waals surface area contributed by atoms with E-state index >= 15 is 0 Å². The van der Waals surface area contributed by atoms with Gasteiger partial charge in [0.2, 0.25) is 11.8 Å². The molecule has 0 radical (unpaired) electrons. The van der Waals surface area contributed by atoms with Gasteiger partial charge in [0.05, 0.1) is 18.7 Å². The monoisotopic (exact) mass is 413 g/mol. The molecular weight excluding hydrogens is 390 g/mol. The molecule has 2 aromatic carbocycles. The highest BCUT2D eigenvalue weighted by Gasteiger charge is 2.29. The van der Waals surface area contributed by atoms with Crippen molar-refractivity contribution in [2.45, 2.75) is 38.1 Å². The molecule has 1 saturated carbocycles. The normalized spacial score (nSPS) is 17.3. The lowest BCUT2D eigenvalue weighted by atomic mass is 9.93. The van der Waals surface area contributed by atoms with Crippen LogP contribution in [0.2, 0.25) is 0 Å². The molecular formula is C25H23N3O3. The fraction of sp³-hybridized carbons (Fsp3) is 0.240. The quantitative estimate of drug-likeness (QED) is 0.630. The Morgan fingerprint density at radius 1 is 1.13 bits per heavy atom.